The smallest absolute Gasteiger partial charge is 0.405 e. The lowest BCUT2D eigenvalue weighted by Crippen LogP contribution is -2.44. The Morgan fingerprint density at radius 1 is 1.10 bits per heavy atom. The topological polar surface area (TPSA) is 126 Å². The maximum Gasteiger partial charge on any atom is 0.405 e. The summed E-state index contributed by atoms with van der Waals surface area (Å²) < 4.78 is 75.5. The number of nitrogens with one attached hydrogen (secondary N) is 1. The molecule has 1 unspecified atom stereocenters. The predicted molar refractivity (Wildman–Crippen MR) is 139 cm³/mol. The third-order valence-corrected chi connectivity index (χ3v) is 6.77. The molecule has 0 radical (unpaired) electrons. The largest absolute Gasteiger partial charge is 0.489 e. The molecule has 1 heterocycles. The van der Waals surface area contributed by atoms with Crippen LogP contribution in [-0.2, 0) is 10.3 Å². The number of carbonyl (C=O) groups excluding carboxylic acids is 2. The predicted octanol–water partition coefficient (Wildman–Crippen LogP) is 6.62. The first kappa shape index (κ1) is 29.7. The van der Waals surface area contributed by atoms with Crippen LogP contribution in [0.4, 0.5) is 28.0 Å². The first-order chi connectivity index (χ1) is 19.2. The van der Waals surface area contributed by atoms with Gasteiger partial charge >= 0.3 is 12.7 Å². The molecule has 0 bridgehead atoms. The van der Waals surface area contributed by atoms with Gasteiger partial charge < -0.3 is 29.7 Å². The average Bonchev–Trinajstić information content (AvgIpc) is 3.58. The van der Waals surface area contributed by atoms with Crippen molar-refractivity contribution in [3.63, 3.8) is 0 Å². The molecule has 1 aliphatic carbocycles. The molecule has 4 rings (SSSR count). The van der Waals surface area contributed by atoms with Crippen molar-refractivity contribution in [1.29, 1.82) is 0 Å². The third kappa shape index (κ3) is 6.72. The molecule has 1 atom stereocenters. The number of alkyl halides is 2. The van der Waals surface area contributed by atoms with Crippen LogP contribution in [0, 0.1) is 23.0 Å². The summed E-state index contributed by atoms with van der Waals surface area (Å²) in [5, 5.41) is 2.31. The molecule has 3 aromatic rings. The molecule has 1 fully saturated rings. The minimum atomic E-state index is -3.10. The van der Waals surface area contributed by atoms with Crippen molar-refractivity contribution in [1.82, 2.24) is 4.98 Å². The van der Waals surface area contributed by atoms with Gasteiger partial charge in [0.1, 0.15) is 11.6 Å². The number of aromatic nitrogens is 1. The molecule has 220 valence electrons. The maximum atomic E-state index is 14.3. The number of nitrogens with zero attached hydrogens (tertiary/aromatic N) is 1. The third-order valence-electron chi connectivity index (χ3n) is 6.77. The summed E-state index contributed by atoms with van der Waals surface area (Å²) in [6, 6.07) is 6.53. The highest BCUT2D eigenvalue weighted by Gasteiger charge is 2.49. The van der Waals surface area contributed by atoms with E-state index in [-0.39, 0.29) is 41.0 Å². The van der Waals surface area contributed by atoms with Gasteiger partial charge in [0.25, 0.3) is 5.91 Å². The maximum absolute atomic E-state index is 14.3. The van der Waals surface area contributed by atoms with Crippen molar-refractivity contribution in [2.24, 2.45) is 17.1 Å². The van der Waals surface area contributed by atoms with E-state index in [1.54, 1.807) is 20.8 Å². The van der Waals surface area contributed by atoms with E-state index in [1.807, 2.05) is 0 Å². The molecule has 3 N–H and O–H groups in total. The Morgan fingerprint density at radius 2 is 1.80 bits per heavy atom. The normalized spacial score (nSPS) is 14.9. The van der Waals surface area contributed by atoms with E-state index < -0.39 is 47.0 Å². The van der Waals surface area contributed by atoms with Crippen LogP contribution in [0.5, 0.6) is 11.5 Å². The summed E-state index contributed by atoms with van der Waals surface area (Å²) in [5.74, 6) is -3.17. The number of benzene rings is 2. The molecule has 1 aromatic heterocycles. The first-order valence-electron chi connectivity index (χ1n) is 12.7. The van der Waals surface area contributed by atoms with Gasteiger partial charge in [0.05, 0.1) is 12.3 Å². The molecule has 0 aliphatic heterocycles. The van der Waals surface area contributed by atoms with Crippen LogP contribution in [0.15, 0.2) is 40.8 Å². The molecule has 1 aliphatic rings. The molecule has 9 nitrogen and oxygen atoms in total. The summed E-state index contributed by atoms with van der Waals surface area (Å²) >= 11 is 0. The Hall–Kier alpha value is -4.29. The minimum absolute atomic E-state index is 0.000744. The Morgan fingerprint density at radius 3 is 2.39 bits per heavy atom. The molecule has 41 heavy (non-hydrogen) atoms. The van der Waals surface area contributed by atoms with Crippen LogP contribution in [0.2, 0.25) is 0 Å². The second-order valence-corrected chi connectivity index (χ2v) is 10.8. The van der Waals surface area contributed by atoms with Gasteiger partial charge in [0.2, 0.25) is 5.89 Å². The second-order valence-electron chi connectivity index (χ2n) is 10.8. The Bertz CT molecular complexity index is 1450. The second kappa shape index (κ2) is 11.3. The molecule has 1 saturated carbocycles. The number of amides is 2. The van der Waals surface area contributed by atoms with Gasteiger partial charge in [-0.1, -0.05) is 20.8 Å². The van der Waals surface area contributed by atoms with Crippen LogP contribution < -0.4 is 20.5 Å². The lowest BCUT2D eigenvalue weighted by atomic mass is 9.75. The summed E-state index contributed by atoms with van der Waals surface area (Å²) in [6.45, 7) is 3.73. The number of hydrogen-bond acceptors (Lipinski definition) is 7. The number of anilines is 1. The van der Waals surface area contributed by atoms with Crippen molar-refractivity contribution in [3.05, 3.63) is 59.5 Å². The van der Waals surface area contributed by atoms with Crippen LogP contribution in [0.3, 0.4) is 0 Å². The number of primary amides is 1. The highest BCUT2D eigenvalue weighted by molar-refractivity contribution is 6.04. The fraction of sp³-hybridized carbons (Fsp3) is 0.393. The molecular weight excluding hydrogens is 550 g/mol. The number of ether oxygens (including phenoxy) is 3. The van der Waals surface area contributed by atoms with Crippen molar-refractivity contribution in [2.45, 2.75) is 52.7 Å². The van der Waals surface area contributed by atoms with E-state index in [1.165, 1.54) is 25.1 Å². The summed E-state index contributed by atoms with van der Waals surface area (Å²) in [6.07, 6.45) is 0.735. The lowest BCUT2D eigenvalue weighted by Gasteiger charge is -2.38. The summed E-state index contributed by atoms with van der Waals surface area (Å²) in [4.78, 5) is 29.6. The Labute approximate surface area is 233 Å². The van der Waals surface area contributed by atoms with E-state index in [0.29, 0.717) is 12.0 Å². The van der Waals surface area contributed by atoms with Gasteiger partial charge in [-0.3, -0.25) is 4.79 Å². The van der Waals surface area contributed by atoms with Gasteiger partial charge in [-0.2, -0.15) is 8.78 Å². The zero-order valence-corrected chi connectivity index (χ0v) is 22.7. The highest BCUT2D eigenvalue weighted by atomic mass is 19.3. The van der Waals surface area contributed by atoms with E-state index in [9.17, 15) is 27.2 Å². The molecular formula is C28H29F4N3O6. The Balaban J connectivity index is 1.82. The molecule has 2 aromatic carbocycles. The summed E-state index contributed by atoms with van der Waals surface area (Å²) in [7, 11) is 0. The van der Waals surface area contributed by atoms with Gasteiger partial charge in [0.15, 0.2) is 28.6 Å². The number of rotatable bonds is 10. The van der Waals surface area contributed by atoms with Crippen LogP contribution in [0.1, 0.15) is 56.8 Å². The van der Waals surface area contributed by atoms with E-state index in [0.717, 1.165) is 25.0 Å². The number of carbonyl (C=O) groups is 2. The molecule has 0 saturated heterocycles. The molecule has 2 amide bonds. The van der Waals surface area contributed by atoms with Crippen molar-refractivity contribution < 1.29 is 45.8 Å². The SMILES string of the molecule is CC(C)(C)C(C)(OC(N)=O)c1oc(-c2ccc(OC(F)F)c(OCC3CC3)c2)nc1C(=O)Nc1ccc(F)cc1F. The van der Waals surface area contributed by atoms with Gasteiger partial charge in [0, 0.05) is 17.0 Å². The zero-order valence-electron chi connectivity index (χ0n) is 22.7. The van der Waals surface area contributed by atoms with Crippen molar-refractivity contribution in [3.8, 4) is 23.0 Å². The van der Waals surface area contributed by atoms with E-state index in [2.05, 4.69) is 15.0 Å². The van der Waals surface area contributed by atoms with Crippen LogP contribution in [0.25, 0.3) is 11.5 Å². The van der Waals surface area contributed by atoms with E-state index >= 15 is 0 Å². The monoisotopic (exact) mass is 579 g/mol. The lowest BCUT2D eigenvalue weighted by molar-refractivity contribution is -0.0707. The Kier molecular flexibility index (Phi) is 8.18. The van der Waals surface area contributed by atoms with Crippen molar-refractivity contribution >= 4 is 17.7 Å². The fourth-order valence-electron chi connectivity index (χ4n) is 3.87. The van der Waals surface area contributed by atoms with E-state index in [4.69, 9.17) is 19.6 Å². The quantitative estimate of drug-likeness (QED) is 0.259. The number of halogens is 4. The standard InChI is InChI=1S/C28H29F4N3O6/c1-27(2,3)28(4,41-26(33)37)22-21(23(36)34-18-9-8-16(29)12-17(18)30)35-24(40-22)15-7-10-19(39-25(31)32)20(11-15)38-13-14-5-6-14/h7-12,14,25H,5-6,13H2,1-4H3,(H2,33,37)(H,34,36). The van der Waals surface area contributed by atoms with Crippen LogP contribution >= 0.6 is 0 Å². The summed E-state index contributed by atoms with van der Waals surface area (Å²) in [5.41, 5.74) is 2.22. The fourth-order valence-corrected chi connectivity index (χ4v) is 3.87. The van der Waals surface area contributed by atoms with Gasteiger partial charge in [-0.15, -0.1) is 0 Å². The van der Waals surface area contributed by atoms with Gasteiger partial charge in [-0.05, 0) is 56.0 Å². The number of hydrogen-bond donors (Lipinski definition) is 2. The highest BCUT2D eigenvalue weighted by Crippen LogP contribution is 2.46. The average molecular weight is 580 g/mol. The number of nitrogens with two attached hydrogens (primary N) is 1. The van der Waals surface area contributed by atoms with Gasteiger partial charge in [-0.25, -0.2) is 18.6 Å². The van der Waals surface area contributed by atoms with Crippen molar-refractivity contribution in [2.75, 3.05) is 11.9 Å². The van der Waals surface area contributed by atoms with Crippen LogP contribution in [-0.4, -0.2) is 30.2 Å². The number of oxazole rings is 1. The minimum Gasteiger partial charge on any atom is -0.489 e. The zero-order chi connectivity index (χ0) is 30.1. The molecule has 0 spiro atoms. The molecule has 13 heteroatoms. The first-order valence-corrected chi connectivity index (χ1v) is 12.7.